The highest BCUT2D eigenvalue weighted by Gasteiger charge is 2.28. The van der Waals surface area contributed by atoms with Gasteiger partial charge in [0.2, 0.25) is 5.90 Å². The summed E-state index contributed by atoms with van der Waals surface area (Å²) in [4.78, 5) is 14.8. The molecule has 0 radical (unpaired) electrons. The van der Waals surface area contributed by atoms with Crippen molar-refractivity contribution in [3.8, 4) is 0 Å². The third kappa shape index (κ3) is 4.22. The number of fused-ring (bicyclic) bond motifs is 1. The number of thioether (sulfide) groups is 1. The van der Waals surface area contributed by atoms with Crippen LogP contribution in [-0.4, -0.2) is 38.6 Å². The number of aliphatic imine (C=N–C) groups is 1. The number of aryl methyl sites for hydroxylation is 1. The number of pyridine rings is 1. The summed E-state index contributed by atoms with van der Waals surface area (Å²) >= 11 is 10.3. The molecule has 1 atom stereocenters. The first-order valence-electron chi connectivity index (χ1n) is 8.92. The van der Waals surface area contributed by atoms with Crippen LogP contribution in [0, 0.1) is 6.92 Å². The Labute approximate surface area is 193 Å². The molecule has 0 aliphatic carbocycles. The van der Waals surface area contributed by atoms with Crippen LogP contribution >= 0.6 is 51.8 Å². The lowest BCUT2D eigenvalue weighted by Gasteiger charge is -2.18. The van der Waals surface area contributed by atoms with Crippen molar-refractivity contribution in [1.82, 2.24) is 14.3 Å². The molecule has 10 heteroatoms. The van der Waals surface area contributed by atoms with Gasteiger partial charge in [-0.15, -0.1) is 11.8 Å². The molecule has 1 aromatic carbocycles. The molecule has 152 valence electrons. The van der Waals surface area contributed by atoms with Crippen molar-refractivity contribution in [3.63, 3.8) is 0 Å². The highest BCUT2D eigenvalue weighted by Crippen LogP contribution is 2.37. The predicted octanol–water partition coefficient (Wildman–Crippen LogP) is 6.21. The minimum Gasteiger partial charge on any atom is -0.469 e. The zero-order chi connectivity index (χ0) is 20.8. The first-order valence-corrected chi connectivity index (χ1v) is 14.6. The standard InChI is InChI=1S/C19H20ClIN5OPS/c1-10-23-16-13(8-15(20)25-17(16)26(10)28-21)24-12-6-5-11(7-14(12)29-4)18-22-9-19(2,3)27-18/h5-8,28H,9H2,1-4H3,(H,24,25). The second-order valence-corrected chi connectivity index (χ2v) is 10.6. The lowest BCUT2D eigenvalue weighted by atomic mass is 10.1. The fourth-order valence-electron chi connectivity index (χ4n) is 3.13. The summed E-state index contributed by atoms with van der Waals surface area (Å²) in [6.07, 6.45) is 2.56. The number of imidazole rings is 1. The zero-order valence-electron chi connectivity index (χ0n) is 16.4. The first kappa shape index (κ1) is 21.2. The van der Waals surface area contributed by atoms with Gasteiger partial charge in [-0.05, 0) is 67.3 Å². The Kier molecular flexibility index (Phi) is 5.99. The third-order valence-corrected chi connectivity index (χ3v) is 7.65. The Morgan fingerprint density at radius 1 is 1.28 bits per heavy atom. The summed E-state index contributed by atoms with van der Waals surface area (Å²) in [5.74, 6) is 1.62. The van der Waals surface area contributed by atoms with E-state index < -0.39 is 0 Å². The molecule has 0 amide bonds. The number of nitrogens with one attached hydrogen (secondary N) is 1. The maximum absolute atomic E-state index is 6.31. The van der Waals surface area contributed by atoms with Gasteiger partial charge in [-0.25, -0.2) is 15.0 Å². The summed E-state index contributed by atoms with van der Waals surface area (Å²) in [6.45, 7) is 6.75. The SMILES string of the molecule is CSc1cc(C2=NCC(C)(C)O2)ccc1Nc1cc(Cl)nc2c1nc(C)n2PI. The Balaban J connectivity index is 1.72. The average molecular weight is 560 g/mol. The number of nitrogens with zero attached hydrogens (tertiary/aromatic N) is 4. The molecule has 2 aromatic heterocycles. The van der Waals surface area contributed by atoms with E-state index in [0.29, 0.717) is 24.0 Å². The summed E-state index contributed by atoms with van der Waals surface area (Å²) < 4.78 is 8.05. The van der Waals surface area contributed by atoms with Gasteiger partial charge in [0.15, 0.2) is 5.65 Å². The van der Waals surface area contributed by atoms with Crippen LogP contribution in [-0.2, 0) is 4.74 Å². The minimum atomic E-state index is -0.249. The summed E-state index contributed by atoms with van der Waals surface area (Å²) in [5.41, 5.74) is 4.17. The van der Waals surface area contributed by atoms with Crippen LogP contribution in [0.25, 0.3) is 11.2 Å². The van der Waals surface area contributed by atoms with Gasteiger partial charge in [-0.3, -0.25) is 4.34 Å². The van der Waals surface area contributed by atoms with E-state index in [0.717, 1.165) is 38.8 Å². The number of hydrogen-bond donors (Lipinski definition) is 1. The summed E-state index contributed by atoms with van der Waals surface area (Å²) in [6, 6.07) is 7.99. The normalized spacial score (nSPS) is 15.9. The molecule has 29 heavy (non-hydrogen) atoms. The number of rotatable bonds is 5. The summed E-state index contributed by atoms with van der Waals surface area (Å²) in [7, 11) is 0. The molecule has 0 fully saturated rings. The molecule has 3 aromatic rings. The summed E-state index contributed by atoms with van der Waals surface area (Å²) in [5, 5.41) is 3.94. The molecular weight excluding hydrogens is 540 g/mol. The van der Waals surface area contributed by atoms with E-state index in [1.807, 2.05) is 39.0 Å². The molecule has 0 saturated carbocycles. The quantitative estimate of drug-likeness (QED) is 0.174. The van der Waals surface area contributed by atoms with E-state index >= 15 is 0 Å². The van der Waals surface area contributed by atoms with Gasteiger partial charge >= 0.3 is 0 Å². The maximum Gasteiger partial charge on any atom is 0.216 e. The third-order valence-electron chi connectivity index (χ3n) is 4.53. The number of aromatic nitrogens is 3. The van der Waals surface area contributed by atoms with Gasteiger partial charge in [0.05, 0.1) is 24.3 Å². The Morgan fingerprint density at radius 2 is 2.07 bits per heavy atom. The average Bonchev–Trinajstić information content (AvgIpc) is 3.20. The second-order valence-electron chi connectivity index (χ2n) is 7.27. The Hall–Kier alpha value is -1.09. The van der Waals surface area contributed by atoms with Crippen molar-refractivity contribution in [2.24, 2.45) is 4.99 Å². The monoisotopic (exact) mass is 559 g/mol. The largest absolute Gasteiger partial charge is 0.469 e. The fraction of sp³-hybridized carbons (Fsp3) is 0.316. The van der Waals surface area contributed by atoms with Gasteiger partial charge in [0, 0.05) is 16.5 Å². The van der Waals surface area contributed by atoms with Crippen LogP contribution in [0.15, 0.2) is 34.2 Å². The van der Waals surface area contributed by atoms with Gasteiger partial charge in [0.25, 0.3) is 0 Å². The van der Waals surface area contributed by atoms with Gasteiger partial charge in [-0.2, -0.15) is 0 Å². The van der Waals surface area contributed by atoms with Crippen molar-refractivity contribution in [2.75, 3.05) is 18.1 Å². The number of halogens is 2. The maximum atomic E-state index is 6.31. The van der Waals surface area contributed by atoms with Crippen LogP contribution < -0.4 is 5.32 Å². The first-order chi connectivity index (χ1) is 13.8. The van der Waals surface area contributed by atoms with Crippen LogP contribution in [0.4, 0.5) is 11.4 Å². The number of anilines is 2. The van der Waals surface area contributed by atoms with E-state index in [4.69, 9.17) is 21.3 Å². The fourth-order valence-corrected chi connectivity index (χ4v) is 6.05. The van der Waals surface area contributed by atoms with E-state index in [1.54, 1.807) is 11.8 Å². The second kappa shape index (κ2) is 8.21. The van der Waals surface area contributed by atoms with E-state index in [-0.39, 0.29) is 5.60 Å². The minimum absolute atomic E-state index is 0.249. The van der Waals surface area contributed by atoms with E-state index in [1.165, 1.54) is 0 Å². The van der Waals surface area contributed by atoms with E-state index in [9.17, 15) is 0 Å². The molecule has 3 heterocycles. The van der Waals surface area contributed by atoms with E-state index in [2.05, 4.69) is 54.0 Å². The molecular formula is C19H20ClIN5OPS. The molecule has 0 bridgehead atoms. The van der Waals surface area contributed by atoms with Gasteiger partial charge in [-0.1, -0.05) is 11.6 Å². The lowest BCUT2D eigenvalue weighted by molar-refractivity contribution is 0.131. The van der Waals surface area contributed by atoms with Crippen LogP contribution in [0.2, 0.25) is 5.15 Å². The van der Waals surface area contributed by atoms with Crippen molar-refractivity contribution in [3.05, 3.63) is 40.8 Å². The molecule has 1 unspecified atom stereocenters. The number of ether oxygens (including phenoxy) is 1. The molecule has 1 aliphatic rings. The van der Waals surface area contributed by atoms with Crippen molar-refractivity contribution < 1.29 is 4.74 Å². The molecule has 0 spiro atoms. The topological polar surface area (TPSA) is 64.3 Å². The molecule has 6 nitrogen and oxygen atoms in total. The Morgan fingerprint density at radius 3 is 2.72 bits per heavy atom. The van der Waals surface area contributed by atoms with Crippen molar-refractivity contribution in [1.29, 1.82) is 0 Å². The highest BCUT2D eigenvalue weighted by atomic mass is 127. The smallest absolute Gasteiger partial charge is 0.216 e. The lowest BCUT2D eigenvalue weighted by Crippen LogP contribution is -2.24. The zero-order valence-corrected chi connectivity index (χ0v) is 21.1. The number of benzene rings is 1. The van der Waals surface area contributed by atoms with Gasteiger partial charge < -0.3 is 10.1 Å². The molecule has 1 N–H and O–H groups in total. The highest BCUT2D eigenvalue weighted by molar-refractivity contribution is 14.2. The molecule has 0 saturated heterocycles. The van der Waals surface area contributed by atoms with Crippen LogP contribution in [0.3, 0.4) is 0 Å². The molecule has 1 aliphatic heterocycles. The molecule has 4 rings (SSSR count). The predicted molar refractivity (Wildman–Crippen MR) is 133 cm³/mol. The number of hydrogen-bond acceptors (Lipinski definition) is 6. The van der Waals surface area contributed by atoms with Crippen molar-refractivity contribution in [2.45, 2.75) is 31.3 Å². The van der Waals surface area contributed by atoms with Gasteiger partial charge in [0.1, 0.15) is 22.1 Å². The van der Waals surface area contributed by atoms with Crippen molar-refractivity contribution >= 4 is 80.2 Å². The Bertz CT molecular complexity index is 1130. The van der Waals surface area contributed by atoms with Crippen LogP contribution in [0.5, 0.6) is 0 Å². The van der Waals surface area contributed by atoms with Crippen LogP contribution in [0.1, 0.15) is 25.2 Å².